The van der Waals surface area contributed by atoms with Crippen LogP contribution in [0.4, 0.5) is 4.79 Å². The van der Waals surface area contributed by atoms with Gasteiger partial charge in [0.2, 0.25) is 5.91 Å². The van der Waals surface area contributed by atoms with Gasteiger partial charge in [-0.1, -0.05) is 17.7 Å². The largest absolute Gasteiger partial charge is 0.493 e. The number of esters is 1. The van der Waals surface area contributed by atoms with Gasteiger partial charge in [-0.2, -0.15) is 0 Å². The molecule has 8 nitrogen and oxygen atoms in total. The maximum atomic E-state index is 12.8. The van der Waals surface area contributed by atoms with E-state index < -0.39 is 17.1 Å². The van der Waals surface area contributed by atoms with E-state index in [-0.39, 0.29) is 28.9 Å². The Hall–Kier alpha value is -3.30. The SMILES string of the molecule is COc1cc(/C=C2\SC(=O)N(CC(=O)N3CCCC3)C2=O)ccc1OC(=O)c1ccc(Cl)cc1. The molecular formula is C24H21ClN2O6S. The van der Waals surface area contributed by atoms with Gasteiger partial charge in [0.15, 0.2) is 11.5 Å². The molecule has 0 aromatic heterocycles. The van der Waals surface area contributed by atoms with Gasteiger partial charge in [-0.05, 0) is 72.6 Å². The molecule has 2 aromatic rings. The van der Waals surface area contributed by atoms with Crippen LogP contribution < -0.4 is 9.47 Å². The lowest BCUT2D eigenvalue weighted by molar-refractivity contribution is -0.135. The van der Waals surface area contributed by atoms with E-state index in [1.807, 2.05) is 0 Å². The number of imide groups is 1. The molecule has 2 aromatic carbocycles. The highest BCUT2D eigenvalue weighted by Gasteiger charge is 2.37. The fourth-order valence-electron chi connectivity index (χ4n) is 3.59. The Kier molecular flexibility index (Phi) is 7.23. The van der Waals surface area contributed by atoms with E-state index in [1.165, 1.54) is 7.11 Å². The van der Waals surface area contributed by atoms with Crippen LogP contribution in [0.1, 0.15) is 28.8 Å². The molecule has 0 unspecified atom stereocenters. The van der Waals surface area contributed by atoms with Crippen molar-refractivity contribution in [2.45, 2.75) is 12.8 Å². The minimum atomic E-state index is -0.577. The van der Waals surface area contributed by atoms with E-state index in [4.69, 9.17) is 21.1 Å². The third kappa shape index (κ3) is 5.26. The number of ether oxygens (including phenoxy) is 2. The third-order valence-corrected chi connectivity index (χ3v) is 6.55. The number of methoxy groups -OCH3 is 1. The molecule has 2 fully saturated rings. The Morgan fingerprint density at radius 2 is 1.76 bits per heavy atom. The Balaban J connectivity index is 1.47. The number of likely N-dealkylation sites (tertiary alicyclic amines) is 1. The van der Waals surface area contributed by atoms with Crippen LogP contribution in [0.25, 0.3) is 6.08 Å². The first kappa shape index (κ1) is 23.8. The van der Waals surface area contributed by atoms with Crippen LogP contribution >= 0.6 is 23.4 Å². The Morgan fingerprint density at radius 1 is 1.06 bits per heavy atom. The average molecular weight is 501 g/mol. The molecule has 2 saturated heterocycles. The molecule has 0 atom stereocenters. The van der Waals surface area contributed by atoms with Crippen LogP contribution in [-0.2, 0) is 9.59 Å². The van der Waals surface area contributed by atoms with Crippen LogP contribution in [0, 0.1) is 0 Å². The highest BCUT2D eigenvalue weighted by Crippen LogP contribution is 2.35. The molecule has 0 aliphatic carbocycles. The van der Waals surface area contributed by atoms with Crippen LogP contribution in [0.2, 0.25) is 5.02 Å². The first-order valence-electron chi connectivity index (χ1n) is 10.5. The minimum absolute atomic E-state index is 0.198. The van der Waals surface area contributed by atoms with Crippen LogP contribution in [0.15, 0.2) is 47.4 Å². The van der Waals surface area contributed by atoms with Gasteiger partial charge in [0, 0.05) is 18.1 Å². The highest BCUT2D eigenvalue weighted by molar-refractivity contribution is 8.18. The predicted octanol–water partition coefficient (Wildman–Crippen LogP) is 4.23. The number of thioether (sulfide) groups is 1. The van der Waals surface area contributed by atoms with Crippen molar-refractivity contribution < 1.29 is 28.7 Å². The van der Waals surface area contributed by atoms with Crippen LogP contribution in [0.3, 0.4) is 0 Å². The van der Waals surface area contributed by atoms with Gasteiger partial charge in [0.25, 0.3) is 11.1 Å². The van der Waals surface area contributed by atoms with Crippen molar-refractivity contribution in [2.75, 3.05) is 26.7 Å². The van der Waals surface area contributed by atoms with Crippen molar-refractivity contribution in [3.63, 3.8) is 0 Å². The summed E-state index contributed by atoms with van der Waals surface area (Å²) in [5.41, 5.74) is 0.896. The van der Waals surface area contributed by atoms with Crippen molar-refractivity contribution in [1.29, 1.82) is 0 Å². The Labute approximate surface area is 205 Å². The van der Waals surface area contributed by atoms with Crippen molar-refractivity contribution in [1.82, 2.24) is 9.80 Å². The third-order valence-electron chi connectivity index (χ3n) is 5.39. The topological polar surface area (TPSA) is 93.2 Å². The molecule has 0 radical (unpaired) electrons. The monoisotopic (exact) mass is 500 g/mol. The molecule has 0 saturated carbocycles. The van der Waals surface area contributed by atoms with Crippen molar-refractivity contribution >= 4 is 52.5 Å². The van der Waals surface area contributed by atoms with Crippen molar-refractivity contribution in [3.05, 3.63) is 63.5 Å². The molecule has 0 N–H and O–H groups in total. The molecular weight excluding hydrogens is 480 g/mol. The molecule has 2 heterocycles. The van der Waals surface area contributed by atoms with E-state index >= 15 is 0 Å². The van der Waals surface area contributed by atoms with Gasteiger partial charge < -0.3 is 14.4 Å². The molecule has 0 spiro atoms. The number of hydrogen-bond donors (Lipinski definition) is 0. The summed E-state index contributed by atoms with van der Waals surface area (Å²) in [5.74, 6) is -0.843. The average Bonchev–Trinajstić information content (AvgIpc) is 3.45. The van der Waals surface area contributed by atoms with Gasteiger partial charge in [-0.25, -0.2) is 4.79 Å². The maximum Gasteiger partial charge on any atom is 0.343 e. The molecule has 10 heteroatoms. The number of hydrogen-bond acceptors (Lipinski definition) is 7. The number of carbonyl (C=O) groups is 4. The van der Waals surface area contributed by atoms with E-state index in [0.717, 1.165) is 29.5 Å². The fourth-order valence-corrected chi connectivity index (χ4v) is 4.56. The van der Waals surface area contributed by atoms with Crippen molar-refractivity contribution in [2.24, 2.45) is 0 Å². The summed E-state index contributed by atoms with van der Waals surface area (Å²) in [6, 6.07) is 11.0. The Bertz CT molecular complexity index is 1170. The van der Waals surface area contributed by atoms with Crippen LogP contribution in [-0.4, -0.2) is 59.6 Å². The minimum Gasteiger partial charge on any atom is -0.493 e. The highest BCUT2D eigenvalue weighted by atomic mass is 35.5. The standard InChI is InChI=1S/C24H21ClN2O6S/c1-32-19-12-15(4-9-18(19)33-23(30)16-5-7-17(25)8-6-16)13-20-22(29)27(24(31)34-20)14-21(28)26-10-2-3-11-26/h4-9,12-13H,2-3,10-11,14H2,1H3/b20-13-. The number of benzene rings is 2. The van der Waals surface area contributed by atoms with Crippen molar-refractivity contribution in [3.8, 4) is 11.5 Å². The van der Waals surface area contributed by atoms with Gasteiger partial charge in [-0.15, -0.1) is 0 Å². The first-order chi connectivity index (χ1) is 16.4. The van der Waals surface area contributed by atoms with Gasteiger partial charge in [0.1, 0.15) is 6.54 Å². The summed E-state index contributed by atoms with van der Waals surface area (Å²) in [6.45, 7) is 1.05. The first-order valence-corrected chi connectivity index (χ1v) is 11.7. The second-order valence-electron chi connectivity index (χ2n) is 7.66. The lowest BCUT2D eigenvalue weighted by atomic mass is 10.1. The molecule has 34 heavy (non-hydrogen) atoms. The second kappa shape index (κ2) is 10.3. The van der Waals surface area contributed by atoms with E-state index in [0.29, 0.717) is 29.2 Å². The van der Waals surface area contributed by atoms with E-state index in [9.17, 15) is 19.2 Å². The molecule has 176 valence electrons. The number of amides is 3. The van der Waals surface area contributed by atoms with Gasteiger partial charge >= 0.3 is 5.97 Å². The molecule has 2 aliphatic rings. The lowest BCUT2D eigenvalue weighted by Gasteiger charge is -2.18. The predicted molar refractivity (Wildman–Crippen MR) is 128 cm³/mol. The zero-order valence-electron chi connectivity index (χ0n) is 18.3. The quantitative estimate of drug-likeness (QED) is 0.333. The van der Waals surface area contributed by atoms with E-state index in [2.05, 4.69) is 0 Å². The summed E-state index contributed by atoms with van der Waals surface area (Å²) in [5, 5.41) is 0.0209. The molecule has 2 aliphatic heterocycles. The molecule has 0 bridgehead atoms. The maximum absolute atomic E-state index is 12.8. The smallest absolute Gasteiger partial charge is 0.343 e. The zero-order chi connectivity index (χ0) is 24.2. The van der Waals surface area contributed by atoms with Gasteiger partial charge in [-0.3, -0.25) is 19.3 Å². The molecule has 3 amide bonds. The summed E-state index contributed by atoms with van der Waals surface area (Å²) < 4.78 is 10.8. The number of halogens is 1. The molecule has 4 rings (SSSR count). The normalized spacial score (nSPS) is 16.9. The number of nitrogens with zero attached hydrogens (tertiary/aromatic N) is 2. The number of carbonyl (C=O) groups excluding carboxylic acids is 4. The van der Waals surface area contributed by atoms with Gasteiger partial charge in [0.05, 0.1) is 17.6 Å². The number of rotatable bonds is 6. The lowest BCUT2D eigenvalue weighted by Crippen LogP contribution is -2.40. The summed E-state index contributed by atoms with van der Waals surface area (Å²) in [4.78, 5) is 52.7. The fraction of sp³-hybridized carbons (Fsp3) is 0.250. The summed E-state index contributed by atoms with van der Waals surface area (Å²) in [7, 11) is 1.43. The van der Waals surface area contributed by atoms with Crippen LogP contribution in [0.5, 0.6) is 11.5 Å². The second-order valence-corrected chi connectivity index (χ2v) is 9.09. The zero-order valence-corrected chi connectivity index (χ0v) is 19.9. The Morgan fingerprint density at radius 3 is 2.44 bits per heavy atom. The summed E-state index contributed by atoms with van der Waals surface area (Å²) in [6.07, 6.45) is 3.40. The van der Waals surface area contributed by atoms with E-state index in [1.54, 1.807) is 53.4 Å². The summed E-state index contributed by atoms with van der Waals surface area (Å²) >= 11 is 6.63.